The second kappa shape index (κ2) is 6.40. The molecule has 0 radical (unpaired) electrons. The molecule has 1 aromatic carbocycles. The molecule has 1 fully saturated rings. The van der Waals surface area contributed by atoms with Crippen LogP contribution < -0.4 is 0 Å². The number of carbonyl (C=O) groups excluding carboxylic acids is 1. The van der Waals surface area contributed by atoms with Gasteiger partial charge in [-0.05, 0) is 43.0 Å². The third-order valence-electron chi connectivity index (χ3n) is 4.20. The molecule has 0 heterocycles. The number of carbonyl (C=O) groups is 1. The molecule has 0 N–H and O–H groups in total. The Morgan fingerprint density at radius 3 is 2.60 bits per heavy atom. The lowest BCUT2D eigenvalue weighted by molar-refractivity contribution is -0.127. The first kappa shape index (κ1) is 15.7. The first-order valence-electron chi connectivity index (χ1n) is 7.31. The molecule has 0 saturated heterocycles. The van der Waals surface area contributed by atoms with Crippen LogP contribution in [0.1, 0.15) is 38.7 Å². The Balaban J connectivity index is 1.91. The zero-order chi connectivity index (χ0) is 14.8. The number of ketones is 1. The van der Waals surface area contributed by atoms with Crippen LogP contribution in [0.4, 0.5) is 0 Å². The van der Waals surface area contributed by atoms with Gasteiger partial charge in [-0.3, -0.25) is 4.79 Å². The van der Waals surface area contributed by atoms with E-state index in [9.17, 15) is 4.79 Å². The number of Topliss-reactive ketones (excluding diaryl/α,β-unsaturated/α-hetero) is 1. The van der Waals surface area contributed by atoms with Crippen molar-refractivity contribution in [3.05, 3.63) is 34.3 Å². The largest absolute Gasteiger partial charge is 0.301 e. The summed E-state index contributed by atoms with van der Waals surface area (Å²) in [5, 5.41) is 0. The summed E-state index contributed by atoms with van der Waals surface area (Å²) in [6, 6.07) is 8.40. The number of hydrogen-bond donors (Lipinski definition) is 0. The molecule has 2 rings (SSSR count). The Hall–Kier alpha value is -0.670. The van der Waals surface area contributed by atoms with Crippen molar-refractivity contribution >= 4 is 21.7 Å². The maximum Gasteiger partial charge on any atom is 0.137 e. The molecule has 1 aromatic rings. The topological polar surface area (TPSA) is 20.3 Å². The molecule has 3 heteroatoms. The second-order valence-corrected chi connectivity index (χ2v) is 7.77. The van der Waals surface area contributed by atoms with Crippen LogP contribution in [0.3, 0.4) is 0 Å². The zero-order valence-electron chi connectivity index (χ0n) is 12.7. The first-order chi connectivity index (χ1) is 9.35. The van der Waals surface area contributed by atoms with E-state index in [1.54, 1.807) is 0 Å². The lowest BCUT2D eigenvalue weighted by atomic mass is 9.71. The maximum atomic E-state index is 12.1. The first-order valence-corrected chi connectivity index (χ1v) is 8.11. The van der Waals surface area contributed by atoms with Gasteiger partial charge in [0.05, 0.1) is 0 Å². The third kappa shape index (κ3) is 4.42. The Kier molecular flexibility index (Phi) is 5.03. The summed E-state index contributed by atoms with van der Waals surface area (Å²) in [6.45, 7) is 6.33. The van der Waals surface area contributed by atoms with Gasteiger partial charge < -0.3 is 4.90 Å². The number of hydrogen-bond acceptors (Lipinski definition) is 2. The SMILES string of the molecule is CN(Cc1ccc(Br)cc1)CC1CC(C)(C)CCC1=O. The molecule has 0 aliphatic heterocycles. The van der Waals surface area contributed by atoms with Crippen molar-refractivity contribution in [1.82, 2.24) is 4.90 Å². The van der Waals surface area contributed by atoms with Crippen molar-refractivity contribution in [2.75, 3.05) is 13.6 Å². The van der Waals surface area contributed by atoms with E-state index in [0.29, 0.717) is 11.2 Å². The average Bonchev–Trinajstić information content (AvgIpc) is 2.36. The standard InChI is InChI=1S/C17H24BrNO/c1-17(2)9-8-16(20)14(10-17)12-19(3)11-13-4-6-15(18)7-5-13/h4-7,14H,8-12H2,1-3H3. The highest BCUT2D eigenvalue weighted by atomic mass is 79.9. The molecule has 1 aliphatic carbocycles. The third-order valence-corrected chi connectivity index (χ3v) is 4.73. The lowest BCUT2D eigenvalue weighted by Gasteiger charge is -2.36. The minimum atomic E-state index is 0.208. The van der Waals surface area contributed by atoms with Crippen LogP contribution in [0.25, 0.3) is 0 Å². The van der Waals surface area contributed by atoms with Crippen LogP contribution in [-0.4, -0.2) is 24.3 Å². The average molecular weight is 338 g/mol. The van der Waals surface area contributed by atoms with Gasteiger partial charge in [0.25, 0.3) is 0 Å². The zero-order valence-corrected chi connectivity index (χ0v) is 14.2. The van der Waals surface area contributed by atoms with E-state index in [-0.39, 0.29) is 5.92 Å². The highest BCUT2D eigenvalue weighted by Gasteiger charge is 2.33. The summed E-state index contributed by atoms with van der Waals surface area (Å²) < 4.78 is 1.10. The van der Waals surface area contributed by atoms with E-state index in [1.165, 1.54) is 5.56 Å². The summed E-state index contributed by atoms with van der Waals surface area (Å²) in [6.07, 6.45) is 2.82. The van der Waals surface area contributed by atoms with Gasteiger partial charge in [-0.1, -0.05) is 41.9 Å². The fourth-order valence-electron chi connectivity index (χ4n) is 3.06. The molecule has 110 valence electrons. The van der Waals surface area contributed by atoms with Gasteiger partial charge in [0.2, 0.25) is 0 Å². The van der Waals surface area contributed by atoms with Gasteiger partial charge in [-0.2, -0.15) is 0 Å². The Morgan fingerprint density at radius 2 is 1.95 bits per heavy atom. The minimum absolute atomic E-state index is 0.208. The highest BCUT2D eigenvalue weighted by molar-refractivity contribution is 9.10. The van der Waals surface area contributed by atoms with Crippen LogP contribution >= 0.6 is 15.9 Å². The van der Waals surface area contributed by atoms with Gasteiger partial charge in [-0.25, -0.2) is 0 Å². The normalized spacial score (nSPS) is 22.2. The quantitative estimate of drug-likeness (QED) is 0.817. The summed E-state index contributed by atoms with van der Waals surface area (Å²) in [5.41, 5.74) is 1.61. The van der Waals surface area contributed by atoms with Crippen molar-refractivity contribution in [3.63, 3.8) is 0 Å². The van der Waals surface area contributed by atoms with Gasteiger partial charge in [0.15, 0.2) is 0 Å². The molecule has 0 bridgehead atoms. The van der Waals surface area contributed by atoms with Gasteiger partial charge in [-0.15, -0.1) is 0 Å². The van der Waals surface area contributed by atoms with Crippen molar-refractivity contribution < 1.29 is 4.79 Å². The monoisotopic (exact) mass is 337 g/mol. The summed E-state index contributed by atoms with van der Waals surface area (Å²) in [5.74, 6) is 0.658. The number of rotatable bonds is 4. The van der Waals surface area contributed by atoms with E-state index < -0.39 is 0 Å². The molecule has 1 unspecified atom stereocenters. The predicted molar refractivity (Wildman–Crippen MR) is 86.6 cm³/mol. The summed E-state index contributed by atoms with van der Waals surface area (Å²) >= 11 is 3.45. The van der Waals surface area contributed by atoms with E-state index >= 15 is 0 Å². The van der Waals surface area contributed by atoms with Crippen LogP contribution in [0.2, 0.25) is 0 Å². The van der Waals surface area contributed by atoms with Crippen molar-refractivity contribution in [2.45, 2.75) is 39.7 Å². The van der Waals surface area contributed by atoms with Gasteiger partial charge >= 0.3 is 0 Å². The van der Waals surface area contributed by atoms with E-state index in [2.05, 4.69) is 66.0 Å². The molecule has 2 nitrogen and oxygen atoms in total. The number of nitrogens with zero attached hydrogens (tertiary/aromatic N) is 1. The fraction of sp³-hybridized carbons (Fsp3) is 0.588. The predicted octanol–water partition coefficient (Wildman–Crippen LogP) is 4.28. The molecule has 0 aromatic heterocycles. The molecule has 1 atom stereocenters. The Labute approximate surface area is 130 Å². The smallest absolute Gasteiger partial charge is 0.137 e. The van der Waals surface area contributed by atoms with Crippen LogP contribution in [-0.2, 0) is 11.3 Å². The molecule has 1 aliphatic rings. The molecular weight excluding hydrogens is 314 g/mol. The fourth-order valence-corrected chi connectivity index (χ4v) is 3.32. The van der Waals surface area contributed by atoms with Crippen molar-refractivity contribution in [2.24, 2.45) is 11.3 Å². The molecule has 0 spiro atoms. The van der Waals surface area contributed by atoms with Crippen LogP contribution in [0, 0.1) is 11.3 Å². The Bertz CT molecular complexity index is 466. The van der Waals surface area contributed by atoms with E-state index in [0.717, 1.165) is 36.8 Å². The molecule has 1 saturated carbocycles. The van der Waals surface area contributed by atoms with Gasteiger partial charge in [0.1, 0.15) is 5.78 Å². The van der Waals surface area contributed by atoms with Crippen molar-refractivity contribution in [1.29, 1.82) is 0 Å². The highest BCUT2D eigenvalue weighted by Crippen LogP contribution is 2.37. The van der Waals surface area contributed by atoms with Crippen LogP contribution in [0.15, 0.2) is 28.7 Å². The van der Waals surface area contributed by atoms with Gasteiger partial charge in [0, 0.05) is 29.9 Å². The molecular formula is C17H24BrNO. The summed E-state index contributed by atoms with van der Waals surface area (Å²) in [4.78, 5) is 14.4. The van der Waals surface area contributed by atoms with E-state index in [4.69, 9.17) is 0 Å². The minimum Gasteiger partial charge on any atom is -0.301 e. The maximum absolute atomic E-state index is 12.1. The van der Waals surface area contributed by atoms with Crippen LogP contribution in [0.5, 0.6) is 0 Å². The molecule has 20 heavy (non-hydrogen) atoms. The lowest BCUT2D eigenvalue weighted by Crippen LogP contribution is -2.37. The van der Waals surface area contributed by atoms with Crippen molar-refractivity contribution in [3.8, 4) is 0 Å². The number of benzene rings is 1. The summed E-state index contributed by atoms with van der Waals surface area (Å²) in [7, 11) is 2.11. The van der Waals surface area contributed by atoms with E-state index in [1.807, 2.05) is 0 Å². The number of halogens is 1. The molecule has 0 amide bonds. The Morgan fingerprint density at radius 1 is 1.30 bits per heavy atom. The second-order valence-electron chi connectivity index (χ2n) is 6.85.